The first-order valence-corrected chi connectivity index (χ1v) is 5.50. The van der Waals surface area contributed by atoms with Crippen molar-refractivity contribution in [3.8, 4) is 0 Å². The number of thiol groups is 1. The minimum atomic E-state index is -0.387. The number of carbonyl (C=O) groups is 1. The van der Waals surface area contributed by atoms with E-state index < -0.39 is 0 Å². The number of amides is 1. The van der Waals surface area contributed by atoms with Gasteiger partial charge in [0.05, 0.1) is 17.7 Å². The van der Waals surface area contributed by atoms with Gasteiger partial charge in [0.1, 0.15) is 0 Å². The van der Waals surface area contributed by atoms with Crippen LogP contribution in [-0.4, -0.2) is 25.2 Å². The van der Waals surface area contributed by atoms with Crippen molar-refractivity contribution in [2.45, 2.75) is 24.3 Å². The van der Waals surface area contributed by atoms with Crippen LogP contribution in [0.25, 0.3) is 0 Å². The van der Waals surface area contributed by atoms with E-state index in [4.69, 9.17) is 4.74 Å². The Morgan fingerprint density at radius 3 is 2.62 bits per heavy atom. The first-order chi connectivity index (χ1) is 7.46. The Bertz CT molecular complexity index is 377. The van der Waals surface area contributed by atoms with Gasteiger partial charge in [-0.05, 0) is 26.0 Å². The highest BCUT2D eigenvalue weighted by atomic mass is 32.1. The zero-order valence-corrected chi connectivity index (χ0v) is 10.7. The molecule has 16 heavy (non-hydrogen) atoms. The van der Waals surface area contributed by atoms with E-state index in [1.165, 1.54) is 0 Å². The fourth-order valence-electron chi connectivity index (χ4n) is 1.44. The second kappa shape index (κ2) is 5.37. The van der Waals surface area contributed by atoms with E-state index >= 15 is 0 Å². The number of benzene rings is 1. The van der Waals surface area contributed by atoms with E-state index in [1.807, 2.05) is 26.0 Å². The molecule has 1 aromatic carbocycles. The van der Waals surface area contributed by atoms with Crippen molar-refractivity contribution in [2.75, 3.05) is 13.7 Å². The van der Waals surface area contributed by atoms with E-state index in [-0.39, 0.29) is 11.4 Å². The van der Waals surface area contributed by atoms with Gasteiger partial charge >= 0.3 is 0 Å². The molecule has 0 saturated carbocycles. The fourth-order valence-corrected chi connectivity index (χ4v) is 1.70. The summed E-state index contributed by atoms with van der Waals surface area (Å²) in [4.78, 5) is 12.6. The monoisotopic (exact) mass is 239 g/mol. The molecule has 1 aromatic rings. The lowest BCUT2D eigenvalue weighted by atomic mass is 10.1. The van der Waals surface area contributed by atoms with Crippen molar-refractivity contribution in [3.05, 3.63) is 29.8 Å². The Labute approximate surface area is 102 Å². The van der Waals surface area contributed by atoms with Gasteiger partial charge in [-0.1, -0.05) is 12.1 Å². The van der Waals surface area contributed by atoms with Crippen molar-refractivity contribution in [3.63, 3.8) is 0 Å². The van der Waals surface area contributed by atoms with E-state index in [2.05, 4.69) is 17.9 Å². The van der Waals surface area contributed by atoms with Gasteiger partial charge in [0.15, 0.2) is 0 Å². The van der Waals surface area contributed by atoms with Gasteiger partial charge in [-0.3, -0.25) is 4.79 Å². The molecular weight excluding hydrogens is 222 g/mol. The number of hydrogen-bond donors (Lipinski definition) is 2. The van der Waals surface area contributed by atoms with Gasteiger partial charge in [-0.25, -0.2) is 0 Å². The SMILES string of the molecule is COCC(C)(C)NC(=O)c1ccccc1S. The average Bonchev–Trinajstić information content (AvgIpc) is 2.17. The molecule has 0 aliphatic carbocycles. The average molecular weight is 239 g/mol. The van der Waals surface area contributed by atoms with Crippen LogP contribution in [0.5, 0.6) is 0 Å². The number of ether oxygens (including phenoxy) is 1. The first-order valence-electron chi connectivity index (χ1n) is 5.06. The summed E-state index contributed by atoms with van der Waals surface area (Å²) in [6.45, 7) is 4.29. The normalized spacial score (nSPS) is 11.2. The molecule has 0 aromatic heterocycles. The second-order valence-corrected chi connectivity index (χ2v) is 4.77. The highest BCUT2D eigenvalue weighted by molar-refractivity contribution is 7.80. The maximum atomic E-state index is 11.9. The van der Waals surface area contributed by atoms with Gasteiger partial charge in [0.2, 0.25) is 0 Å². The van der Waals surface area contributed by atoms with Crippen LogP contribution in [-0.2, 0) is 4.74 Å². The standard InChI is InChI=1S/C12H17NO2S/c1-12(2,8-15-3)13-11(14)9-6-4-5-7-10(9)16/h4-7,16H,8H2,1-3H3,(H,13,14). The molecule has 0 unspecified atom stereocenters. The largest absolute Gasteiger partial charge is 0.382 e. The smallest absolute Gasteiger partial charge is 0.252 e. The van der Waals surface area contributed by atoms with Crippen LogP contribution in [0.15, 0.2) is 29.2 Å². The van der Waals surface area contributed by atoms with Crippen LogP contribution < -0.4 is 5.32 Å². The van der Waals surface area contributed by atoms with E-state index in [1.54, 1.807) is 19.2 Å². The summed E-state index contributed by atoms with van der Waals surface area (Å²) < 4.78 is 5.04. The van der Waals surface area contributed by atoms with Gasteiger partial charge in [0.25, 0.3) is 5.91 Å². The van der Waals surface area contributed by atoms with Crippen LogP contribution in [0.2, 0.25) is 0 Å². The third kappa shape index (κ3) is 3.54. The number of rotatable bonds is 4. The van der Waals surface area contributed by atoms with Crippen molar-refractivity contribution in [1.29, 1.82) is 0 Å². The Morgan fingerprint density at radius 2 is 2.06 bits per heavy atom. The number of nitrogens with one attached hydrogen (secondary N) is 1. The molecule has 4 heteroatoms. The summed E-state index contributed by atoms with van der Waals surface area (Å²) in [6.07, 6.45) is 0. The van der Waals surface area contributed by atoms with E-state index in [0.29, 0.717) is 17.1 Å². The zero-order chi connectivity index (χ0) is 12.2. The molecular formula is C12H17NO2S. The van der Waals surface area contributed by atoms with Crippen molar-refractivity contribution >= 4 is 18.5 Å². The lowest BCUT2D eigenvalue weighted by Gasteiger charge is -2.25. The molecule has 3 nitrogen and oxygen atoms in total. The van der Waals surface area contributed by atoms with Gasteiger partial charge in [-0.15, -0.1) is 12.6 Å². The zero-order valence-electron chi connectivity index (χ0n) is 9.78. The van der Waals surface area contributed by atoms with Crippen molar-refractivity contribution < 1.29 is 9.53 Å². The number of hydrogen-bond acceptors (Lipinski definition) is 3. The molecule has 88 valence electrons. The summed E-state index contributed by atoms with van der Waals surface area (Å²) >= 11 is 4.25. The molecule has 0 aliphatic heterocycles. The molecule has 0 spiro atoms. The van der Waals surface area contributed by atoms with E-state index in [9.17, 15) is 4.79 Å². The Morgan fingerprint density at radius 1 is 1.44 bits per heavy atom. The lowest BCUT2D eigenvalue weighted by molar-refractivity contribution is 0.0817. The van der Waals surface area contributed by atoms with Crippen LogP contribution in [0.3, 0.4) is 0 Å². The Kier molecular flexibility index (Phi) is 4.38. The van der Waals surface area contributed by atoms with Crippen LogP contribution in [0.1, 0.15) is 24.2 Å². The quantitative estimate of drug-likeness (QED) is 0.790. The maximum Gasteiger partial charge on any atom is 0.252 e. The summed E-state index contributed by atoms with van der Waals surface area (Å²) in [7, 11) is 1.61. The Balaban J connectivity index is 2.77. The number of methoxy groups -OCH3 is 1. The predicted molar refractivity (Wildman–Crippen MR) is 67.1 cm³/mol. The summed E-state index contributed by atoms with van der Waals surface area (Å²) in [6, 6.07) is 7.21. The molecule has 0 atom stereocenters. The minimum Gasteiger partial charge on any atom is -0.382 e. The van der Waals surface area contributed by atoms with Gasteiger partial charge < -0.3 is 10.1 Å². The van der Waals surface area contributed by atoms with Crippen LogP contribution >= 0.6 is 12.6 Å². The molecule has 0 aliphatic rings. The fraction of sp³-hybridized carbons (Fsp3) is 0.417. The molecule has 1 N–H and O–H groups in total. The first kappa shape index (κ1) is 13.1. The third-order valence-corrected chi connectivity index (χ3v) is 2.50. The van der Waals surface area contributed by atoms with Crippen molar-refractivity contribution in [1.82, 2.24) is 5.32 Å². The molecule has 0 heterocycles. The third-order valence-electron chi connectivity index (χ3n) is 2.11. The minimum absolute atomic E-state index is 0.132. The summed E-state index contributed by atoms with van der Waals surface area (Å²) in [5, 5.41) is 2.90. The highest BCUT2D eigenvalue weighted by Crippen LogP contribution is 2.14. The summed E-state index contributed by atoms with van der Waals surface area (Å²) in [5.74, 6) is -0.132. The molecule has 0 fully saturated rings. The molecule has 1 rings (SSSR count). The van der Waals surface area contributed by atoms with Crippen LogP contribution in [0, 0.1) is 0 Å². The highest BCUT2D eigenvalue weighted by Gasteiger charge is 2.21. The van der Waals surface area contributed by atoms with Gasteiger partial charge in [0, 0.05) is 12.0 Å². The van der Waals surface area contributed by atoms with Crippen LogP contribution in [0.4, 0.5) is 0 Å². The predicted octanol–water partition coefficient (Wildman–Crippen LogP) is 2.13. The van der Waals surface area contributed by atoms with Gasteiger partial charge in [-0.2, -0.15) is 0 Å². The second-order valence-electron chi connectivity index (χ2n) is 4.29. The molecule has 1 amide bonds. The maximum absolute atomic E-state index is 11.9. The summed E-state index contributed by atoms with van der Waals surface area (Å²) in [5.41, 5.74) is 0.192. The topological polar surface area (TPSA) is 38.3 Å². The molecule has 0 bridgehead atoms. The van der Waals surface area contributed by atoms with Crippen molar-refractivity contribution in [2.24, 2.45) is 0 Å². The van der Waals surface area contributed by atoms with E-state index in [0.717, 1.165) is 0 Å². The number of carbonyl (C=O) groups excluding carboxylic acids is 1. The Hall–Kier alpha value is -1.00. The molecule has 0 radical (unpaired) electrons. The lowest BCUT2D eigenvalue weighted by Crippen LogP contribution is -2.46. The molecule has 0 saturated heterocycles.